The number of aliphatic hydroxyl groups is 1. The van der Waals surface area contributed by atoms with Crippen LogP contribution in [0.5, 0.6) is 6.01 Å². The zero-order valence-corrected chi connectivity index (χ0v) is 16.5. The summed E-state index contributed by atoms with van der Waals surface area (Å²) < 4.78 is 18.9. The highest BCUT2D eigenvalue weighted by molar-refractivity contribution is 6.33. The highest BCUT2D eigenvalue weighted by Crippen LogP contribution is 2.30. The number of rotatable bonds is 6. The molecule has 3 aromatic rings. The van der Waals surface area contributed by atoms with Gasteiger partial charge < -0.3 is 29.6 Å². The van der Waals surface area contributed by atoms with E-state index in [1.54, 1.807) is 6.07 Å². The summed E-state index contributed by atoms with van der Waals surface area (Å²) in [7, 11) is 0. The van der Waals surface area contributed by atoms with Crippen molar-refractivity contribution < 1.29 is 19.3 Å². The molecule has 0 bridgehead atoms. The molecule has 4 atom stereocenters. The van der Waals surface area contributed by atoms with E-state index in [0.717, 1.165) is 12.2 Å². The number of H-pyrrole nitrogens is 1. The van der Waals surface area contributed by atoms with Crippen LogP contribution in [0.15, 0.2) is 18.3 Å². The Morgan fingerprint density at radius 3 is 3.03 bits per heavy atom. The molecule has 0 aliphatic carbocycles. The molecule has 5 rings (SSSR count). The summed E-state index contributed by atoms with van der Waals surface area (Å²) in [5, 5.41) is 17.9. The average Bonchev–Trinajstić information content (AvgIpc) is 3.47. The number of halogens is 1. The molecule has 5 heterocycles. The van der Waals surface area contributed by atoms with Crippen molar-refractivity contribution in [3.05, 3.63) is 29.0 Å². The smallest absolute Gasteiger partial charge is 0.296 e. The Bertz CT molecular complexity index is 1020. The molecule has 2 saturated heterocycles. The number of aryl methyl sites for hydroxylation is 1. The number of aliphatic hydroxyl groups excluding tert-OH is 1. The number of hydrogen-bond acceptors (Lipinski definition) is 8. The first-order chi connectivity index (χ1) is 14.1. The normalized spacial score (nSPS) is 26.2. The first kappa shape index (κ1) is 18.6. The van der Waals surface area contributed by atoms with E-state index in [1.165, 1.54) is 0 Å². The first-order valence-electron chi connectivity index (χ1n) is 9.51. The molecule has 11 heteroatoms. The van der Waals surface area contributed by atoms with Gasteiger partial charge in [0.05, 0.1) is 36.0 Å². The Labute approximate surface area is 171 Å². The number of fused-ring (bicyclic) bond motifs is 2. The van der Waals surface area contributed by atoms with Gasteiger partial charge in [0.2, 0.25) is 0 Å². The van der Waals surface area contributed by atoms with Crippen LogP contribution in [0.3, 0.4) is 0 Å². The van der Waals surface area contributed by atoms with Crippen LogP contribution in [-0.4, -0.2) is 67.5 Å². The molecule has 29 heavy (non-hydrogen) atoms. The molecule has 2 aliphatic rings. The number of aromatic amines is 1. The van der Waals surface area contributed by atoms with Crippen molar-refractivity contribution in [3.63, 3.8) is 0 Å². The van der Waals surface area contributed by atoms with E-state index in [4.69, 9.17) is 25.8 Å². The summed E-state index contributed by atoms with van der Waals surface area (Å²) in [4.78, 5) is 12.0. The molecule has 10 nitrogen and oxygen atoms in total. The average molecular weight is 421 g/mol. The lowest BCUT2D eigenvalue weighted by atomic mass is 10.1. The summed E-state index contributed by atoms with van der Waals surface area (Å²) in [5.41, 5.74) is 2.04. The maximum atomic E-state index is 9.84. The zero-order valence-electron chi connectivity index (χ0n) is 15.7. The van der Waals surface area contributed by atoms with Gasteiger partial charge in [-0.1, -0.05) is 11.6 Å². The molecule has 0 saturated carbocycles. The molecule has 0 radical (unpaired) electrons. The minimum Gasteiger partial charge on any atom is -0.456 e. The van der Waals surface area contributed by atoms with E-state index in [2.05, 4.69) is 25.4 Å². The van der Waals surface area contributed by atoms with Gasteiger partial charge in [0.15, 0.2) is 11.8 Å². The summed E-state index contributed by atoms with van der Waals surface area (Å²) in [6.45, 7) is 3.93. The molecule has 2 aliphatic heterocycles. The molecule has 154 valence electrons. The lowest BCUT2D eigenvalue weighted by molar-refractivity contribution is 0.00706. The predicted molar refractivity (Wildman–Crippen MR) is 104 cm³/mol. The minimum atomic E-state index is -0.623. The first-order valence-corrected chi connectivity index (χ1v) is 9.89. The number of ether oxygens (including phenoxy) is 3. The van der Waals surface area contributed by atoms with Crippen molar-refractivity contribution in [2.24, 2.45) is 0 Å². The van der Waals surface area contributed by atoms with Gasteiger partial charge in [-0.2, -0.15) is 10.1 Å². The molecule has 0 spiro atoms. The van der Waals surface area contributed by atoms with Crippen molar-refractivity contribution in [3.8, 4) is 6.01 Å². The Balaban J connectivity index is 1.30. The fraction of sp³-hybridized carbons (Fsp3) is 0.500. The Kier molecular flexibility index (Phi) is 4.78. The van der Waals surface area contributed by atoms with Crippen LogP contribution in [0.1, 0.15) is 12.6 Å². The summed E-state index contributed by atoms with van der Waals surface area (Å²) >= 11 is 6.36. The second-order valence-electron chi connectivity index (χ2n) is 7.07. The molecule has 1 unspecified atom stereocenters. The fourth-order valence-corrected chi connectivity index (χ4v) is 3.83. The number of pyridine rings is 1. The van der Waals surface area contributed by atoms with Crippen molar-refractivity contribution in [1.82, 2.24) is 24.7 Å². The molecule has 0 aromatic carbocycles. The SMILES string of the molecule is CCn1ccc(CNc2nc3nc(O[C@@H]4CO[C@H]5C4OC[C@H]5O)[nH]c3cc2Cl)n1. The van der Waals surface area contributed by atoms with Crippen LogP contribution < -0.4 is 10.1 Å². The maximum absolute atomic E-state index is 9.84. The van der Waals surface area contributed by atoms with Gasteiger partial charge in [-0.05, 0) is 19.1 Å². The van der Waals surface area contributed by atoms with Crippen molar-refractivity contribution >= 4 is 28.6 Å². The minimum absolute atomic E-state index is 0.248. The van der Waals surface area contributed by atoms with Crippen LogP contribution >= 0.6 is 11.6 Å². The number of imidazole rings is 1. The zero-order chi connectivity index (χ0) is 20.0. The van der Waals surface area contributed by atoms with E-state index in [0.29, 0.717) is 41.2 Å². The van der Waals surface area contributed by atoms with Gasteiger partial charge in [-0.25, -0.2) is 4.98 Å². The quantitative estimate of drug-likeness (QED) is 0.546. The summed E-state index contributed by atoms with van der Waals surface area (Å²) in [5.74, 6) is 0.523. The van der Waals surface area contributed by atoms with Crippen LogP contribution in [-0.2, 0) is 22.6 Å². The van der Waals surface area contributed by atoms with E-state index >= 15 is 0 Å². The number of nitrogens with zero attached hydrogens (tertiary/aromatic N) is 4. The van der Waals surface area contributed by atoms with Gasteiger partial charge >= 0.3 is 0 Å². The Morgan fingerprint density at radius 2 is 2.21 bits per heavy atom. The highest BCUT2D eigenvalue weighted by atomic mass is 35.5. The highest BCUT2D eigenvalue weighted by Gasteiger charge is 2.48. The standard InChI is InChI=1S/C18H21ClN6O4/c1-2-25-4-3-9(24-25)6-20-16-10(19)5-11-17(22-16)23-18(21-11)29-13-8-28-14-12(26)7-27-15(13)14/h3-5,12-15,26H,2,6-8H2,1H3,(H2,20,21,22,23)/t12-,13-,14-,15?/m1/s1. The third-order valence-corrected chi connectivity index (χ3v) is 5.39. The molecule has 2 fully saturated rings. The monoisotopic (exact) mass is 420 g/mol. The van der Waals surface area contributed by atoms with Gasteiger partial charge in [-0.3, -0.25) is 4.68 Å². The van der Waals surface area contributed by atoms with Crippen molar-refractivity contribution in [2.45, 2.75) is 44.4 Å². The molecule has 3 N–H and O–H groups in total. The van der Waals surface area contributed by atoms with Gasteiger partial charge in [0.1, 0.15) is 24.1 Å². The molecular weight excluding hydrogens is 400 g/mol. The van der Waals surface area contributed by atoms with Gasteiger partial charge in [0, 0.05) is 12.7 Å². The van der Waals surface area contributed by atoms with Crippen molar-refractivity contribution in [1.29, 1.82) is 0 Å². The summed E-state index contributed by atoms with van der Waals surface area (Å²) in [6, 6.07) is 4.00. The third kappa shape index (κ3) is 3.52. The second-order valence-corrected chi connectivity index (χ2v) is 7.47. The van der Waals surface area contributed by atoms with E-state index in [9.17, 15) is 5.11 Å². The van der Waals surface area contributed by atoms with Crippen LogP contribution in [0, 0.1) is 0 Å². The second kappa shape index (κ2) is 7.45. The lowest BCUT2D eigenvalue weighted by Gasteiger charge is -2.15. The van der Waals surface area contributed by atoms with Crippen LogP contribution in [0.25, 0.3) is 11.2 Å². The topological polar surface area (TPSA) is 119 Å². The van der Waals surface area contributed by atoms with E-state index < -0.39 is 6.10 Å². The summed E-state index contributed by atoms with van der Waals surface area (Å²) in [6.07, 6.45) is 0.289. The van der Waals surface area contributed by atoms with E-state index in [1.807, 2.05) is 23.9 Å². The number of nitrogens with one attached hydrogen (secondary N) is 2. The largest absolute Gasteiger partial charge is 0.456 e. The predicted octanol–water partition coefficient (Wildman–Crippen LogP) is 1.35. The van der Waals surface area contributed by atoms with Crippen molar-refractivity contribution in [2.75, 3.05) is 18.5 Å². The Morgan fingerprint density at radius 1 is 1.34 bits per heavy atom. The van der Waals surface area contributed by atoms with Crippen LogP contribution in [0.2, 0.25) is 5.02 Å². The Hall–Kier alpha value is -2.40. The molecule has 3 aromatic heterocycles. The number of hydrogen-bond donors (Lipinski definition) is 3. The lowest BCUT2D eigenvalue weighted by Crippen LogP contribution is -2.34. The van der Waals surface area contributed by atoms with Crippen LogP contribution in [0.4, 0.5) is 5.82 Å². The van der Waals surface area contributed by atoms with E-state index in [-0.39, 0.29) is 24.9 Å². The van der Waals surface area contributed by atoms with Gasteiger partial charge in [0.25, 0.3) is 6.01 Å². The molecule has 0 amide bonds. The van der Waals surface area contributed by atoms with Gasteiger partial charge in [-0.15, -0.1) is 0 Å². The number of aromatic nitrogens is 5. The maximum Gasteiger partial charge on any atom is 0.296 e. The molecular formula is C18H21ClN6O4. The fourth-order valence-electron chi connectivity index (χ4n) is 3.61. The number of anilines is 1. The third-order valence-electron chi connectivity index (χ3n) is 5.11.